The first kappa shape index (κ1) is 21.1. The van der Waals surface area contributed by atoms with Gasteiger partial charge in [-0.2, -0.15) is 0 Å². The Hall–Kier alpha value is -3.66. The van der Waals surface area contributed by atoms with Gasteiger partial charge in [-0.3, -0.25) is 14.9 Å². The molecule has 0 fully saturated rings. The van der Waals surface area contributed by atoms with Crippen molar-refractivity contribution in [3.8, 4) is 11.5 Å². The van der Waals surface area contributed by atoms with Gasteiger partial charge in [-0.1, -0.05) is 0 Å². The number of methoxy groups -OCH3 is 2. The molecule has 30 heavy (non-hydrogen) atoms. The zero-order valence-electron chi connectivity index (χ0n) is 16.5. The third-order valence-electron chi connectivity index (χ3n) is 4.61. The van der Waals surface area contributed by atoms with Gasteiger partial charge >= 0.3 is 0 Å². The second-order valence-electron chi connectivity index (χ2n) is 6.44. The molecule has 156 valence electrons. The van der Waals surface area contributed by atoms with Gasteiger partial charge in [0.1, 0.15) is 11.5 Å². The lowest BCUT2D eigenvalue weighted by molar-refractivity contribution is -0.384. The molecule has 0 saturated heterocycles. The third-order valence-corrected chi connectivity index (χ3v) is 4.83. The third kappa shape index (κ3) is 4.33. The SMILES string of the molecule is COc1ccc(NC(=O)C2=C(C)NC(=S)N[C@@H]2c2ccc([N+](=O)[O-])cc2)c(OC)c1. The highest BCUT2D eigenvalue weighted by Crippen LogP contribution is 2.32. The molecule has 0 unspecified atom stereocenters. The van der Waals surface area contributed by atoms with E-state index in [1.54, 1.807) is 37.3 Å². The number of anilines is 1. The molecule has 0 bridgehead atoms. The number of thiocarbonyl (C=S) groups is 1. The molecular weight excluding hydrogens is 408 g/mol. The summed E-state index contributed by atoms with van der Waals surface area (Å²) in [7, 11) is 3.04. The normalized spacial score (nSPS) is 15.7. The van der Waals surface area contributed by atoms with Gasteiger partial charge in [-0.05, 0) is 49.0 Å². The van der Waals surface area contributed by atoms with Gasteiger partial charge in [0.25, 0.3) is 11.6 Å². The van der Waals surface area contributed by atoms with E-state index in [9.17, 15) is 14.9 Å². The van der Waals surface area contributed by atoms with E-state index in [0.29, 0.717) is 39.1 Å². The maximum absolute atomic E-state index is 13.2. The number of rotatable bonds is 6. The second kappa shape index (κ2) is 8.78. The Morgan fingerprint density at radius 2 is 1.87 bits per heavy atom. The maximum Gasteiger partial charge on any atom is 0.269 e. The van der Waals surface area contributed by atoms with Crippen LogP contribution in [0.4, 0.5) is 11.4 Å². The molecular formula is C20H20N4O5S. The van der Waals surface area contributed by atoms with Crippen molar-refractivity contribution in [3.05, 3.63) is 69.4 Å². The minimum atomic E-state index is -0.580. The molecule has 3 N–H and O–H groups in total. The molecule has 0 aliphatic carbocycles. The molecule has 0 saturated carbocycles. The predicted octanol–water partition coefficient (Wildman–Crippen LogP) is 3.04. The molecule has 1 heterocycles. The van der Waals surface area contributed by atoms with Crippen LogP contribution in [0.3, 0.4) is 0 Å². The van der Waals surface area contributed by atoms with Crippen LogP contribution < -0.4 is 25.4 Å². The Labute approximate surface area is 178 Å². The lowest BCUT2D eigenvalue weighted by Gasteiger charge is -2.30. The monoisotopic (exact) mass is 428 g/mol. The van der Waals surface area contributed by atoms with Gasteiger partial charge in [0.15, 0.2) is 5.11 Å². The minimum absolute atomic E-state index is 0.0371. The van der Waals surface area contributed by atoms with Crippen molar-refractivity contribution in [2.24, 2.45) is 0 Å². The van der Waals surface area contributed by atoms with Crippen LogP contribution in [0.25, 0.3) is 0 Å². The second-order valence-corrected chi connectivity index (χ2v) is 6.85. The number of nitro benzene ring substituents is 1. The maximum atomic E-state index is 13.2. The van der Waals surface area contributed by atoms with Gasteiger partial charge in [0.2, 0.25) is 0 Å². The molecule has 0 spiro atoms. The van der Waals surface area contributed by atoms with Gasteiger partial charge in [0.05, 0.1) is 36.4 Å². The number of nitro groups is 1. The standard InChI is InChI=1S/C20H20N4O5S/c1-11-17(19(25)22-15-9-8-14(28-2)10-16(15)29-3)18(23-20(30)21-11)12-4-6-13(7-5-12)24(26)27/h4-10,18H,1-3H3,(H,22,25)(H2,21,23,30)/t18-/m1/s1. The van der Waals surface area contributed by atoms with Crippen molar-refractivity contribution in [1.29, 1.82) is 0 Å². The molecule has 0 aromatic heterocycles. The lowest BCUT2D eigenvalue weighted by atomic mass is 9.94. The molecule has 9 nitrogen and oxygen atoms in total. The number of ether oxygens (including phenoxy) is 2. The fourth-order valence-electron chi connectivity index (χ4n) is 3.12. The Balaban J connectivity index is 1.94. The van der Waals surface area contributed by atoms with Crippen molar-refractivity contribution in [2.75, 3.05) is 19.5 Å². The number of non-ortho nitro benzene ring substituents is 1. The topological polar surface area (TPSA) is 115 Å². The summed E-state index contributed by atoms with van der Waals surface area (Å²) in [6.45, 7) is 1.74. The van der Waals surface area contributed by atoms with Crippen LogP contribution in [0.1, 0.15) is 18.5 Å². The molecule has 1 atom stereocenters. The van der Waals surface area contributed by atoms with Crippen LogP contribution in [0.2, 0.25) is 0 Å². The van der Waals surface area contributed by atoms with Crippen LogP contribution in [-0.4, -0.2) is 30.2 Å². The first-order chi connectivity index (χ1) is 14.3. The number of nitrogens with zero attached hydrogens (tertiary/aromatic N) is 1. The number of allylic oxidation sites excluding steroid dienone is 1. The number of carbonyl (C=O) groups is 1. The van der Waals surface area contributed by atoms with Gasteiger partial charge < -0.3 is 25.4 Å². The molecule has 10 heteroatoms. The molecule has 1 aliphatic rings. The number of amides is 1. The van der Waals surface area contributed by atoms with Crippen molar-refractivity contribution in [1.82, 2.24) is 10.6 Å². The van der Waals surface area contributed by atoms with Crippen molar-refractivity contribution >= 4 is 34.6 Å². The predicted molar refractivity (Wildman–Crippen MR) is 116 cm³/mol. The van der Waals surface area contributed by atoms with E-state index in [4.69, 9.17) is 21.7 Å². The van der Waals surface area contributed by atoms with Crippen molar-refractivity contribution < 1.29 is 19.2 Å². The summed E-state index contributed by atoms with van der Waals surface area (Å²) in [5, 5.41) is 20.2. The summed E-state index contributed by atoms with van der Waals surface area (Å²) in [5.74, 6) is 0.664. The summed E-state index contributed by atoms with van der Waals surface area (Å²) in [5.41, 5.74) is 2.07. The number of hydrogen-bond acceptors (Lipinski definition) is 6. The van der Waals surface area contributed by atoms with Crippen LogP contribution in [-0.2, 0) is 4.79 Å². The van der Waals surface area contributed by atoms with E-state index < -0.39 is 11.0 Å². The lowest BCUT2D eigenvalue weighted by Crippen LogP contribution is -2.45. The number of carbonyl (C=O) groups excluding carboxylic acids is 1. The first-order valence-electron chi connectivity index (χ1n) is 8.90. The minimum Gasteiger partial charge on any atom is -0.497 e. The average Bonchev–Trinajstić information content (AvgIpc) is 2.73. The van der Waals surface area contributed by atoms with E-state index in [-0.39, 0.29) is 11.6 Å². The van der Waals surface area contributed by atoms with Gasteiger partial charge in [0, 0.05) is 23.9 Å². The van der Waals surface area contributed by atoms with Crippen LogP contribution in [0.5, 0.6) is 11.5 Å². The highest BCUT2D eigenvalue weighted by atomic mass is 32.1. The smallest absolute Gasteiger partial charge is 0.269 e. The highest BCUT2D eigenvalue weighted by Gasteiger charge is 2.30. The quantitative estimate of drug-likeness (QED) is 0.365. The number of benzene rings is 2. The largest absolute Gasteiger partial charge is 0.497 e. The molecule has 0 radical (unpaired) electrons. The highest BCUT2D eigenvalue weighted by molar-refractivity contribution is 7.80. The van der Waals surface area contributed by atoms with E-state index in [1.165, 1.54) is 26.4 Å². The number of nitrogens with one attached hydrogen (secondary N) is 3. The van der Waals surface area contributed by atoms with E-state index >= 15 is 0 Å². The van der Waals surface area contributed by atoms with Crippen LogP contribution >= 0.6 is 12.2 Å². The van der Waals surface area contributed by atoms with E-state index in [0.717, 1.165) is 0 Å². The van der Waals surface area contributed by atoms with E-state index in [1.807, 2.05) is 0 Å². The first-order valence-corrected chi connectivity index (χ1v) is 9.31. The summed E-state index contributed by atoms with van der Waals surface area (Å²) in [6.07, 6.45) is 0. The summed E-state index contributed by atoms with van der Waals surface area (Å²) in [6, 6.07) is 10.4. The zero-order valence-corrected chi connectivity index (χ0v) is 17.3. The Bertz CT molecular complexity index is 1040. The fourth-order valence-corrected chi connectivity index (χ4v) is 3.40. The summed E-state index contributed by atoms with van der Waals surface area (Å²) >= 11 is 5.23. The summed E-state index contributed by atoms with van der Waals surface area (Å²) in [4.78, 5) is 23.6. The van der Waals surface area contributed by atoms with Crippen molar-refractivity contribution in [2.45, 2.75) is 13.0 Å². The number of hydrogen-bond donors (Lipinski definition) is 3. The average molecular weight is 428 g/mol. The van der Waals surface area contributed by atoms with Gasteiger partial charge in [-0.15, -0.1) is 0 Å². The molecule has 2 aromatic carbocycles. The molecule has 1 amide bonds. The van der Waals surface area contributed by atoms with E-state index in [2.05, 4.69) is 16.0 Å². The zero-order chi connectivity index (χ0) is 21.8. The summed E-state index contributed by atoms with van der Waals surface area (Å²) < 4.78 is 10.5. The van der Waals surface area contributed by atoms with Crippen LogP contribution in [0.15, 0.2) is 53.7 Å². The Morgan fingerprint density at radius 1 is 1.17 bits per heavy atom. The van der Waals surface area contributed by atoms with Crippen molar-refractivity contribution in [3.63, 3.8) is 0 Å². The Morgan fingerprint density at radius 3 is 2.47 bits per heavy atom. The van der Waals surface area contributed by atoms with Gasteiger partial charge in [-0.25, -0.2) is 0 Å². The van der Waals surface area contributed by atoms with Crippen LogP contribution in [0, 0.1) is 10.1 Å². The molecule has 3 rings (SSSR count). The molecule has 1 aliphatic heterocycles. The Kier molecular flexibility index (Phi) is 6.17. The molecule has 2 aromatic rings. The fraction of sp³-hybridized carbons (Fsp3) is 0.200.